The SMILES string of the molecule is [CH]C(Cc1ccc(NC(C)=O)cc1)NC(C)=S. The van der Waals surface area contributed by atoms with Crippen LogP contribution in [-0.4, -0.2) is 16.9 Å². The van der Waals surface area contributed by atoms with E-state index in [1.165, 1.54) is 6.92 Å². The largest absolute Gasteiger partial charge is 0.377 e. The van der Waals surface area contributed by atoms with Crippen LogP contribution in [0.2, 0.25) is 0 Å². The Labute approximate surface area is 108 Å². The maximum atomic E-state index is 10.8. The number of benzene rings is 1. The molecule has 0 spiro atoms. The standard InChI is InChI=1S/C13H16N2OS/c1-9(14-11(3)17)8-12-4-6-13(7-5-12)15-10(2)16/h1,4-7,9H,8H2,2-3H3,(H,14,17)(H,15,16). The normalized spacial score (nSPS) is 11.7. The van der Waals surface area contributed by atoms with Gasteiger partial charge in [0.05, 0.1) is 4.99 Å². The summed E-state index contributed by atoms with van der Waals surface area (Å²) < 4.78 is 0. The molecule has 0 bridgehead atoms. The molecule has 1 aromatic carbocycles. The summed E-state index contributed by atoms with van der Waals surface area (Å²) in [4.78, 5) is 11.5. The van der Waals surface area contributed by atoms with E-state index in [0.29, 0.717) is 11.4 Å². The fourth-order valence-electron chi connectivity index (χ4n) is 1.49. The first-order chi connectivity index (χ1) is 7.97. The highest BCUT2D eigenvalue weighted by Crippen LogP contribution is 2.11. The Morgan fingerprint density at radius 3 is 2.41 bits per heavy atom. The Kier molecular flexibility index (Phi) is 5.10. The van der Waals surface area contributed by atoms with Crippen molar-refractivity contribution in [2.75, 3.05) is 5.32 Å². The molecule has 1 rings (SSSR count). The fraction of sp³-hybridized carbons (Fsp3) is 0.308. The van der Waals surface area contributed by atoms with Crippen LogP contribution < -0.4 is 10.6 Å². The lowest BCUT2D eigenvalue weighted by Gasteiger charge is -2.13. The van der Waals surface area contributed by atoms with E-state index in [9.17, 15) is 4.79 Å². The zero-order valence-corrected chi connectivity index (χ0v) is 10.8. The summed E-state index contributed by atoms with van der Waals surface area (Å²) in [7, 11) is 0. The van der Waals surface area contributed by atoms with Crippen LogP contribution >= 0.6 is 12.2 Å². The van der Waals surface area contributed by atoms with Crippen LogP contribution in [0.4, 0.5) is 5.69 Å². The lowest BCUT2D eigenvalue weighted by molar-refractivity contribution is -0.114. The van der Waals surface area contributed by atoms with E-state index in [1.54, 1.807) is 6.92 Å². The molecule has 1 aromatic rings. The molecule has 1 unspecified atom stereocenters. The van der Waals surface area contributed by atoms with Gasteiger partial charge in [-0.2, -0.15) is 0 Å². The van der Waals surface area contributed by atoms with Crippen molar-refractivity contribution in [2.24, 2.45) is 0 Å². The molecule has 0 saturated carbocycles. The third kappa shape index (κ3) is 5.45. The topological polar surface area (TPSA) is 41.1 Å². The summed E-state index contributed by atoms with van der Waals surface area (Å²) in [6, 6.07) is 7.40. The van der Waals surface area contributed by atoms with Gasteiger partial charge in [0.25, 0.3) is 0 Å². The number of hydrogen-bond donors (Lipinski definition) is 2. The van der Waals surface area contributed by atoms with E-state index in [2.05, 4.69) is 10.6 Å². The van der Waals surface area contributed by atoms with Crippen molar-refractivity contribution >= 4 is 28.8 Å². The van der Waals surface area contributed by atoms with Gasteiger partial charge in [-0.3, -0.25) is 4.79 Å². The number of hydrogen-bond acceptors (Lipinski definition) is 2. The van der Waals surface area contributed by atoms with Gasteiger partial charge in [-0.15, -0.1) is 0 Å². The van der Waals surface area contributed by atoms with Crippen molar-refractivity contribution in [1.82, 2.24) is 5.32 Å². The molecule has 0 aromatic heterocycles. The van der Waals surface area contributed by atoms with E-state index in [4.69, 9.17) is 19.1 Å². The number of carbonyl (C=O) groups excluding carboxylic acids is 1. The van der Waals surface area contributed by atoms with E-state index in [-0.39, 0.29) is 11.9 Å². The van der Waals surface area contributed by atoms with Crippen molar-refractivity contribution in [3.8, 4) is 0 Å². The molecule has 4 heteroatoms. The van der Waals surface area contributed by atoms with E-state index < -0.39 is 0 Å². The van der Waals surface area contributed by atoms with Crippen LogP contribution in [0.5, 0.6) is 0 Å². The summed E-state index contributed by atoms with van der Waals surface area (Å²) in [6.45, 7) is 9.14. The Bertz CT molecular complexity index is 400. The second-order valence-electron chi connectivity index (χ2n) is 3.89. The van der Waals surface area contributed by atoms with Crippen molar-refractivity contribution in [1.29, 1.82) is 0 Å². The molecule has 2 N–H and O–H groups in total. The molecule has 0 fully saturated rings. The third-order valence-electron chi connectivity index (χ3n) is 2.12. The molecule has 1 amide bonds. The second kappa shape index (κ2) is 6.35. The van der Waals surface area contributed by atoms with Crippen LogP contribution in [0.15, 0.2) is 24.3 Å². The van der Waals surface area contributed by atoms with E-state index >= 15 is 0 Å². The van der Waals surface area contributed by atoms with Gasteiger partial charge in [0.15, 0.2) is 0 Å². The number of amides is 1. The number of rotatable bonds is 4. The first-order valence-electron chi connectivity index (χ1n) is 5.36. The molecule has 17 heavy (non-hydrogen) atoms. The number of thiocarbonyl (C=S) groups is 1. The molecular formula is C13H16N2OS. The molecular weight excluding hydrogens is 232 g/mol. The van der Waals surface area contributed by atoms with Crippen molar-refractivity contribution in [3.63, 3.8) is 0 Å². The lowest BCUT2D eigenvalue weighted by Crippen LogP contribution is -2.31. The number of carbonyl (C=O) groups is 1. The highest BCUT2D eigenvalue weighted by molar-refractivity contribution is 7.80. The lowest BCUT2D eigenvalue weighted by atomic mass is 10.1. The Morgan fingerprint density at radius 1 is 1.35 bits per heavy atom. The number of nitrogens with one attached hydrogen (secondary N) is 2. The third-order valence-corrected chi connectivity index (χ3v) is 2.24. The molecule has 0 aliphatic carbocycles. The zero-order chi connectivity index (χ0) is 12.8. The molecule has 0 heterocycles. The number of anilines is 1. The Morgan fingerprint density at radius 2 is 1.94 bits per heavy atom. The van der Waals surface area contributed by atoms with Gasteiger partial charge in [0.1, 0.15) is 0 Å². The molecule has 1 atom stereocenters. The summed E-state index contributed by atoms with van der Waals surface area (Å²) >= 11 is 4.92. The average Bonchev–Trinajstić information content (AvgIpc) is 2.18. The van der Waals surface area contributed by atoms with Crippen LogP contribution in [0.1, 0.15) is 19.4 Å². The van der Waals surface area contributed by atoms with Crippen molar-refractivity contribution in [2.45, 2.75) is 26.3 Å². The molecule has 3 nitrogen and oxygen atoms in total. The summed E-state index contributed by atoms with van der Waals surface area (Å²) in [5.74, 6) is -0.0764. The van der Waals surface area contributed by atoms with Crippen LogP contribution in [0.25, 0.3) is 0 Å². The van der Waals surface area contributed by atoms with Crippen molar-refractivity contribution < 1.29 is 4.79 Å². The Balaban J connectivity index is 2.56. The molecule has 2 radical (unpaired) electrons. The first kappa shape index (κ1) is 13.6. The van der Waals surface area contributed by atoms with Gasteiger partial charge in [0.2, 0.25) is 5.91 Å². The van der Waals surface area contributed by atoms with E-state index in [1.807, 2.05) is 24.3 Å². The maximum absolute atomic E-state index is 10.8. The summed E-state index contributed by atoms with van der Waals surface area (Å²) in [5.41, 5.74) is 1.88. The molecule has 90 valence electrons. The van der Waals surface area contributed by atoms with Gasteiger partial charge < -0.3 is 10.6 Å². The smallest absolute Gasteiger partial charge is 0.221 e. The zero-order valence-electron chi connectivity index (χ0n) is 9.99. The minimum absolute atomic E-state index is 0.0764. The quantitative estimate of drug-likeness (QED) is 0.803. The van der Waals surface area contributed by atoms with Gasteiger partial charge in [0, 0.05) is 18.7 Å². The van der Waals surface area contributed by atoms with Crippen LogP contribution in [-0.2, 0) is 11.2 Å². The van der Waals surface area contributed by atoms with Gasteiger partial charge in [-0.25, -0.2) is 0 Å². The Hall–Kier alpha value is -1.42. The van der Waals surface area contributed by atoms with Gasteiger partial charge in [-0.1, -0.05) is 24.4 Å². The second-order valence-corrected chi connectivity index (χ2v) is 4.50. The molecule has 0 aliphatic heterocycles. The molecule has 0 saturated heterocycles. The highest BCUT2D eigenvalue weighted by Gasteiger charge is 2.03. The van der Waals surface area contributed by atoms with Gasteiger partial charge in [-0.05, 0) is 38.0 Å². The van der Waals surface area contributed by atoms with Crippen molar-refractivity contribution in [3.05, 3.63) is 36.8 Å². The molecule has 0 aliphatic rings. The average molecular weight is 248 g/mol. The highest BCUT2D eigenvalue weighted by atomic mass is 32.1. The predicted molar refractivity (Wildman–Crippen MR) is 73.9 cm³/mol. The monoisotopic (exact) mass is 248 g/mol. The maximum Gasteiger partial charge on any atom is 0.221 e. The first-order valence-corrected chi connectivity index (χ1v) is 5.77. The minimum Gasteiger partial charge on any atom is -0.377 e. The van der Waals surface area contributed by atoms with Crippen LogP contribution in [0, 0.1) is 6.92 Å². The van der Waals surface area contributed by atoms with E-state index in [0.717, 1.165) is 11.3 Å². The van der Waals surface area contributed by atoms with Crippen LogP contribution in [0.3, 0.4) is 0 Å². The summed E-state index contributed by atoms with van der Waals surface area (Å²) in [6.07, 6.45) is 0.689. The minimum atomic E-state index is -0.181. The fourth-order valence-corrected chi connectivity index (χ4v) is 1.64. The van der Waals surface area contributed by atoms with Gasteiger partial charge >= 0.3 is 0 Å². The predicted octanol–water partition coefficient (Wildman–Crippen LogP) is 2.20. The summed E-state index contributed by atoms with van der Waals surface area (Å²) in [5, 5.41) is 5.69.